The van der Waals surface area contributed by atoms with Crippen molar-refractivity contribution in [3.05, 3.63) is 64.4 Å². The summed E-state index contributed by atoms with van der Waals surface area (Å²) in [4.78, 5) is 19.2. The molecule has 0 radical (unpaired) electrons. The Bertz CT molecular complexity index is 1030. The monoisotopic (exact) mass is 419 g/mol. The molecule has 2 N–H and O–H groups in total. The van der Waals surface area contributed by atoms with Gasteiger partial charge in [-0.05, 0) is 48.7 Å². The van der Waals surface area contributed by atoms with Crippen molar-refractivity contribution in [1.82, 2.24) is 15.3 Å². The van der Waals surface area contributed by atoms with E-state index in [4.69, 9.17) is 16.3 Å². The number of benzene rings is 2. The van der Waals surface area contributed by atoms with Gasteiger partial charge in [-0.2, -0.15) is 0 Å². The number of alkyl halides is 2. The standard InChI is InChI=1S/C21H20ClF2N3O2/c22-15-3-1-2-14(11-15)21(6-8-29-9-7-21)12-25-20(28)13-4-5-16-17(10-13)27-19(26-16)18(23)24/h1-5,10-11,18H,6-9,12H2,(H,25,28)(H,26,27). The molecule has 0 spiro atoms. The van der Waals surface area contributed by atoms with Crippen LogP contribution in [0.15, 0.2) is 42.5 Å². The van der Waals surface area contributed by atoms with Crippen LogP contribution in [0.1, 0.15) is 41.0 Å². The summed E-state index contributed by atoms with van der Waals surface area (Å²) in [6, 6.07) is 12.4. The molecule has 1 fully saturated rings. The Morgan fingerprint density at radius 1 is 1.24 bits per heavy atom. The van der Waals surface area contributed by atoms with Gasteiger partial charge in [-0.1, -0.05) is 23.7 Å². The van der Waals surface area contributed by atoms with Gasteiger partial charge in [0, 0.05) is 35.8 Å². The number of nitrogens with one attached hydrogen (secondary N) is 2. The number of nitrogens with zero attached hydrogens (tertiary/aromatic N) is 1. The second-order valence-corrected chi connectivity index (χ2v) is 7.68. The van der Waals surface area contributed by atoms with Gasteiger partial charge in [0.1, 0.15) is 0 Å². The molecule has 1 saturated heterocycles. The lowest BCUT2D eigenvalue weighted by molar-refractivity contribution is 0.0487. The third kappa shape index (κ3) is 4.11. The molecule has 152 valence electrons. The van der Waals surface area contributed by atoms with Crippen LogP contribution in [0.25, 0.3) is 11.0 Å². The van der Waals surface area contributed by atoms with Crippen LogP contribution in [-0.2, 0) is 10.2 Å². The minimum atomic E-state index is -2.69. The molecule has 0 aliphatic carbocycles. The maximum absolute atomic E-state index is 12.8. The zero-order chi connectivity index (χ0) is 20.4. The lowest BCUT2D eigenvalue weighted by atomic mass is 9.74. The Hall–Kier alpha value is -2.51. The molecular weight excluding hydrogens is 400 g/mol. The van der Waals surface area contributed by atoms with Crippen LogP contribution >= 0.6 is 11.6 Å². The second kappa shape index (κ2) is 8.08. The highest BCUT2D eigenvalue weighted by molar-refractivity contribution is 6.30. The van der Waals surface area contributed by atoms with E-state index in [-0.39, 0.29) is 11.3 Å². The van der Waals surface area contributed by atoms with Gasteiger partial charge in [0.15, 0.2) is 5.82 Å². The third-order valence-corrected chi connectivity index (χ3v) is 5.68. The number of halogens is 3. The van der Waals surface area contributed by atoms with Crippen LogP contribution in [0.4, 0.5) is 8.78 Å². The number of carbonyl (C=O) groups excluding carboxylic acids is 1. The number of carbonyl (C=O) groups is 1. The molecule has 1 aromatic heterocycles. The molecule has 0 atom stereocenters. The van der Waals surface area contributed by atoms with Crippen molar-refractivity contribution in [3.8, 4) is 0 Å². The summed E-state index contributed by atoms with van der Waals surface area (Å²) in [7, 11) is 0. The maximum Gasteiger partial charge on any atom is 0.295 e. The van der Waals surface area contributed by atoms with E-state index in [1.165, 1.54) is 0 Å². The first kappa shape index (κ1) is 19.8. The van der Waals surface area contributed by atoms with Crippen molar-refractivity contribution >= 4 is 28.5 Å². The van der Waals surface area contributed by atoms with Crippen molar-refractivity contribution < 1.29 is 18.3 Å². The number of fused-ring (bicyclic) bond motifs is 1. The number of hydrogen-bond acceptors (Lipinski definition) is 3. The molecular formula is C21H20ClF2N3O2. The normalized spacial score (nSPS) is 16.3. The quantitative estimate of drug-likeness (QED) is 0.633. The fourth-order valence-corrected chi connectivity index (χ4v) is 3.96. The van der Waals surface area contributed by atoms with Crippen LogP contribution in [-0.4, -0.2) is 35.6 Å². The molecule has 29 heavy (non-hydrogen) atoms. The van der Waals surface area contributed by atoms with Gasteiger partial charge in [-0.15, -0.1) is 0 Å². The topological polar surface area (TPSA) is 67.0 Å². The summed E-state index contributed by atoms with van der Waals surface area (Å²) in [5, 5.41) is 3.65. The highest BCUT2D eigenvalue weighted by Crippen LogP contribution is 2.35. The molecule has 2 aromatic carbocycles. The molecule has 0 bridgehead atoms. The molecule has 2 heterocycles. The number of aromatic amines is 1. The van der Waals surface area contributed by atoms with Gasteiger partial charge in [0.05, 0.1) is 11.0 Å². The van der Waals surface area contributed by atoms with Crippen molar-refractivity contribution in [2.45, 2.75) is 24.7 Å². The van der Waals surface area contributed by atoms with Crippen LogP contribution in [0.2, 0.25) is 5.02 Å². The number of ether oxygens (including phenoxy) is 1. The highest BCUT2D eigenvalue weighted by Gasteiger charge is 2.35. The average Bonchev–Trinajstić information content (AvgIpc) is 3.16. The van der Waals surface area contributed by atoms with Crippen LogP contribution in [0.3, 0.4) is 0 Å². The van der Waals surface area contributed by atoms with Crippen molar-refractivity contribution in [1.29, 1.82) is 0 Å². The summed E-state index contributed by atoms with van der Waals surface area (Å²) < 4.78 is 31.2. The summed E-state index contributed by atoms with van der Waals surface area (Å²) in [6.07, 6.45) is -1.15. The number of hydrogen-bond donors (Lipinski definition) is 2. The Morgan fingerprint density at radius 2 is 2.03 bits per heavy atom. The number of H-pyrrole nitrogens is 1. The molecule has 1 aliphatic rings. The molecule has 4 rings (SSSR count). The van der Waals surface area contributed by atoms with E-state index >= 15 is 0 Å². The number of imidazole rings is 1. The van der Waals surface area contributed by atoms with Crippen molar-refractivity contribution in [2.24, 2.45) is 0 Å². The Balaban J connectivity index is 1.54. The Morgan fingerprint density at radius 3 is 2.76 bits per heavy atom. The van der Waals surface area contributed by atoms with Crippen molar-refractivity contribution in [3.63, 3.8) is 0 Å². The second-order valence-electron chi connectivity index (χ2n) is 7.24. The Labute approximate surface area is 171 Å². The first-order chi connectivity index (χ1) is 14.0. The number of aromatic nitrogens is 2. The summed E-state index contributed by atoms with van der Waals surface area (Å²) in [5.41, 5.74) is 1.99. The number of rotatable bonds is 5. The zero-order valence-corrected chi connectivity index (χ0v) is 16.3. The van der Waals surface area contributed by atoms with Gasteiger partial charge in [0.25, 0.3) is 12.3 Å². The zero-order valence-electron chi connectivity index (χ0n) is 15.6. The third-order valence-electron chi connectivity index (χ3n) is 5.44. The molecule has 0 saturated carbocycles. The van der Waals surface area contributed by atoms with E-state index < -0.39 is 12.2 Å². The van der Waals surface area contributed by atoms with E-state index in [0.29, 0.717) is 41.4 Å². The van der Waals surface area contributed by atoms with E-state index in [2.05, 4.69) is 15.3 Å². The lowest BCUT2D eigenvalue weighted by Crippen LogP contribution is -2.44. The van der Waals surface area contributed by atoms with E-state index in [0.717, 1.165) is 18.4 Å². The van der Waals surface area contributed by atoms with Crippen LogP contribution in [0.5, 0.6) is 0 Å². The van der Waals surface area contributed by atoms with Crippen molar-refractivity contribution in [2.75, 3.05) is 19.8 Å². The van der Waals surface area contributed by atoms with Crippen LogP contribution in [0, 0.1) is 0 Å². The first-order valence-electron chi connectivity index (χ1n) is 9.37. The fraction of sp³-hybridized carbons (Fsp3) is 0.333. The highest BCUT2D eigenvalue weighted by atomic mass is 35.5. The molecule has 1 amide bonds. The van der Waals surface area contributed by atoms with Gasteiger partial charge in [-0.3, -0.25) is 4.79 Å². The minimum absolute atomic E-state index is 0.264. The predicted molar refractivity (Wildman–Crippen MR) is 107 cm³/mol. The summed E-state index contributed by atoms with van der Waals surface area (Å²) in [6.45, 7) is 1.65. The van der Waals surface area contributed by atoms with E-state index in [1.807, 2.05) is 24.3 Å². The van der Waals surface area contributed by atoms with Gasteiger partial charge < -0.3 is 15.0 Å². The predicted octanol–water partition coefficient (Wildman–Crippen LogP) is 4.63. The molecule has 3 aromatic rings. The summed E-state index contributed by atoms with van der Waals surface area (Å²) in [5.74, 6) is -0.673. The van der Waals surface area contributed by atoms with Gasteiger partial charge in [-0.25, -0.2) is 13.8 Å². The average molecular weight is 420 g/mol. The Kier molecular flexibility index (Phi) is 5.52. The summed E-state index contributed by atoms with van der Waals surface area (Å²) >= 11 is 6.18. The molecule has 5 nitrogen and oxygen atoms in total. The SMILES string of the molecule is O=C(NCC1(c2cccc(Cl)c2)CCOCC1)c1ccc2nc(C(F)F)[nH]c2c1. The lowest BCUT2D eigenvalue weighted by Gasteiger charge is -2.38. The molecule has 8 heteroatoms. The van der Waals surface area contributed by atoms with E-state index in [1.54, 1.807) is 18.2 Å². The maximum atomic E-state index is 12.8. The smallest absolute Gasteiger partial charge is 0.295 e. The van der Waals surface area contributed by atoms with Gasteiger partial charge in [0.2, 0.25) is 0 Å². The molecule has 1 aliphatic heterocycles. The fourth-order valence-electron chi connectivity index (χ4n) is 3.77. The minimum Gasteiger partial charge on any atom is -0.381 e. The van der Waals surface area contributed by atoms with Crippen LogP contribution < -0.4 is 5.32 Å². The largest absolute Gasteiger partial charge is 0.381 e. The number of amides is 1. The van der Waals surface area contributed by atoms with E-state index in [9.17, 15) is 13.6 Å². The first-order valence-corrected chi connectivity index (χ1v) is 9.74. The van der Waals surface area contributed by atoms with Gasteiger partial charge >= 0.3 is 0 Å². The molecule has 0 unspecified atom stereocenters.